The predicted octanol–water partition coefficient (Wildman–Crippen LogP) is 1.70. The van der Waals surface area contributed by atoms with Gasteiger partial charge in [-0.25, -0.2) is 8.42 Å². The molecule has 0 radical (unpaired) electrons. The molecule has 0 saturated carbocycles. The van der Waals surface area contributed by atoms with Gasteiger partial charge in [-0.2, -0.15) is 16.3 Å². The van der Waals surface area contributed by atoms with E-state index in [0.717, 1.165) is 18.5 Å². The van der Waals surface area contributed by atoms with E-state index in [4.69, 9.17) is 4.52 Å². The van der Waals surface area contributed by atoms with E-state index in [9.17, 15) is 13.2 Å². The molecule has 0 spiro atoms. The summed E-state index contributed by atoms with van der Waals surface area (Å²) in [5, 5.41) is 7.84. The predicted molar refractivity (Wildman–Crippen MR) is 108 cm³/mol. The minimum absolute atomic E-state index is 0.0591. The van der Waals surface area contributed by atoms with E-state index in [-0.39, 0.29) is 29.9 Å². The van der Waals surface area contributed by atoms with Gasteiger partial charge >= 0.3 is 0 Å². The van der Waals surface area contributed by atoms with Crippen molar-refractivity contribution in [2.75, 3.05) is 38.7 Å². The van der Waals surface area contributed by atoms with E-state index >= 15 is 0 Å². The number of rotatable bonds is 9. The van der Waals surface area contributed by atoms with Crippen LogP contribution >= 0.6 is 11.3 Å². The largest absolute Gasteiger partial charge is 0.339 e. The zero-order valence-electron chi connectivity index (χ0n) is 16.2. The van der Waals surface area contributed by atoms with Gasteiger partial charge in [-0.3, -0.25) is 4.79 Å². The van der Waals surface area contributed by atoms with E-state index in [2.05, 4.69) is 15.0 Å². The molecule has 1 unspecified atom stereocenters. The molecule has 154 valence electrons. The summed E-state index contributed by atoms with van der Waals surface area (Å²) in [7, 11) is 0.910. The van der Waals surface area contributed by atoms with Crippen LogP contribution < -0.4 is 0 Å². The molecule has 0 bridgehead atoms. The Balaban J connectivity index is 1.60. The number of aryl methyl sites for hydroxylation is 1. The summed E-state index contributed by atoms with van der Waals surface area (Å²) in [6.07, 6.45) is 1.89. The van der Waals surface area contributed by atoms with Crippen molar-refractivity contribution in [2.24, 2.45) is 0 Å². The smallest absolute Gasteiger partial charge is 0.227 e. The van der Waals surface area contributed by atoms with E-state index < -0.39 is 9.84 Å². The Labute approximate surface area is 169 Å². The van der Waals surface area contributed by atoms with Crippen LogP contribution in [0.2, 0.25) is 0 Å². The topological polar surface area (TPSA) is 96.6 Å². The summed E-state index contributed by atoms with van der Waals surface area (Å²) in [5.74, 6) is 1.10. The number of nitrogens with zero attached hydrogens (tertiary/aromatic N) is 4. The van der Waals surface area contributed by atoms with E-state index in [0.29, 0.717) is 31.1 Å². The van der Waals surface area contributed by atoms with E-state index in [1.807, 2.05) is 30.9 Å². The van der Waals surface area contributed by atoms with Gasteiger partial charge in [0, 0.05) is 36.4 Å². The first kappa shape index (κ1) is 20.9. The zero-order chi connectivity index (χ0) is 20.1. The minimum atomic E-state index is -3.05. The van der Waals surface area contributed by atoms with Gasteiger partial charge in [-0.1, -0.05) is 5.16 Å². The van der Waals surface area contributed by atoms with E-state index in [1.54, 1.807) is 16.2 Å². The molecule has 3 heterocycles. The number of amides is 1. The fourth-order valence-corrected chi connectivity index (χ4v) is 5.68. The highest BCUT2D eigenvalue weighted by Gasteiger charge is 2.34. The van der Waals surface area contributed by atoms with Gasteiger partial charge in [-0.05, 0) is 44.9 Å². The standard InChI is InChI=1S/C18H26N4O4S2/c1-21(2)8-3-9-22(15-7-11-28(24,25)13-15)17(23)5-4-16-19-18(20-26-16)14-6-10-27-12-14/h6,10,12,15H,3-5,7-9,11,13H2,1-2H3. The molecule has 1 atom stereocenters. The molecule has 8 nitrogen and oxygen atoms in total. The second-order valence-corrected chi connectivity index (χ2v) is 10.3. The first-order valence-corrected chi connectivity index (χ1v) is 12.1. The van der Waals surface area contributed by atoms with Crippen molar-refractivity contribution in [1.29, 1.82) is 0 Å². The van der Waals surface area contributed by atoms with Crippen molar-refractivity contribution < 1.29 is 17.7 Å². The molecule has 2 aromatic rings. The molecule has 1 fully saturated rings. The number of thiophene rings is 1. The summed E-state index contributed by atoms with van der Waals surface area (Å²) < 4.78 is 29.0. The molecule has 1 aliphatic heterocycles. The molecular weight excluding hydrogens is 400 g/mol. The maximum Gasteiger partial charge on any atom is 0.227 e. The lowest BCUT2D eigenvalue weighted by Crippen LogP contribution is -2.42. The number of hydrogen-bond donors (Lipinski definition) is 0. The summed E-state index contributed by atoms with van der Waals surface area (Å²) in [5.41, 5.74) is 0.896. The quantitative estimate of drug-likeness (QED) is 0.602. The van der Waals surface area contributed by atoms with Crippen LogP contribution in [-0.4, -0.2) is 79.0 Å². The summed E-state index contributed by atoms with van der Waals surface area (Å²) in [6.45, 7) is 1.40. The molecule has 1 aliphatic rings. The third-order valence-corrected chi connectivity index (χ3v) is 7.21. The third-order valence-electron chi connectivity index (χ3n) is 4.77. The van der Waals surface area contributed by atoms with Crippen molar-refractivity contribution in [3.05, 3.63) is 22.7 Å². The highest BCUT2D eigenvalue weighted by molar-refractivity contribution is 7.91. The molecule has 28 heavy (non-hydrogen) atoms. The SMILES string of the molecule is CN(C)CCCN(C(=O)CCc1nc(-c2ccsc2)no1)C1CCS(=O)(=O)C1. The maximum atomic E-state index is 12.9. The molecule has 10 heteroatoms. The van der Waals surface area contributed by atoms with Gasteiger partial charge in [0.25, 0.3) is 0 Å². The van der Waals surface area contributed by atoms with Crippen LogP contribution in [0.1, 0.15) is 25.2 Å². The second-order valence-electron chi connectivity index (χ2n) is 7.32. The summed E-state index contributed by atoms with van der Waals surface area (Å²) >= 11 is 1.55. The third kappa shape index (κ3) is 5.62. The Hall–Kier alpha value is -1.78. The number of aromatic nitrogens is 2. The van der Waals surface area contributed by atoms with Gasteiger partial charge in [0.05, 0.1) is 11.5 Å². The molecule has 0 aliphatic carbocycles. The van der Waals surface area contributed by atoms with Gasteiger partial charge in [0.1, 0.15) is 0 Å². The van der Waals surface area contributed by atoms with Crippen LogP contribution in [0, 0.1) is 0 Å². The van der Waals surface area contributed by atoms with Crippen molar-refractivity contribution >= 4 is 27.1 Å². The van der Waals surface area contributed by atoms with Gasteiger partial charge in [0.15, 0.2) is 9.84 Å². The number of carbonyl (C=O) groups excluding carboxylic acids is 1. The van der Waals surface area contributed by atoms with Crippen LogP contribution in [0.25, 0.3) is 11.4 Å². The van der Waals surface area contributed by atoms with Crippen LogP contribution in [0.4, 0.5) is 0 Å². The Kier molecular flexibility index (Phi) is 6.84. The average molecular weight is 427 g/mol. The molecule has 2 aromatic heterocycles. The Morgan fingerprint density at radius 3 is 2.82 bits per heavy atom. The molecule has 1 saturated heterocycles. The molecule has 0 aromatic carbocycles. The fourth-order valence-electron chi connectivity index (χ4n) is 3.31. The monoisotopic (exact) mass is 426 g/mol. The number of hydrogen-bond acceptors (Lipinski definition) is 8. The minimum Gasteiger partial charge on any atom is -0.339 e. The van der Waals surface area contributed by atoms with Gasteiger partial charge in [-0.15, -0.1) is 0 Å². The van der Waals surface area contributed by atoms with Crippen molar-refractivity contribution in [2.45, 2.75) is 31.7 Å². The molecule has 1 amide bonds. The normalized spacial score (nSPS) is 18.6. The number of carbonyl (C=O) groups is 1. The average Bonchev–Trinajstić information content (AvgIpc) is 3.36. The van der Waals surface area contributed by atoms with Crippen molar-refractivity contribution in [3.63, 3.8) is 0 Å². The van der Waals surface area contributed by atoms with Crippen LogP contribution in [-0.2, 0) is 21.1 Å². The second kappa shape index (κ2) is 9.15. The van der Waals surface area contributed by atoms with E-state index in [1.165, 1.54) is 0 Å². The molecule has 3 rings (SSSR count). The van der Waals surface area contributed by atoms with Gasteiger partial charge in [0.2, 0.25) is 17.6 Å². The lowest BCUT2D eigenvalue weighted by molar-refractivity contribution is -0.133. The zero-order valence-corrected chi connectivity index (χ0v) is 17.8. The fraction of sp³-hybridized carbons (Fsp3) is 0.611. The summed E-state index contributed by atoms with van der Waals surface area (Å²) in [4.78, 5) is 21.0. The maximum absolute atomic E-state index is 12.9. The number of sulfone groups is 1. The lowest BCUT2D eigenvalue weighted by atomic mass is 10.1. The van der Waals surface area contributed by atoms with Crippen LogP contribution in [0.5, 0.6) is 0 Å². The highest BCUT2D eigenvalue weighted by atomic mass is 32.2. The van der Waals surface area contributed by atoms with Crippen molar-refractivity contribution in [3.8, 4) is 11.4 Å². The van der Waals surface area contributed by atoms with Crippen molar-refractivity contribution in [1.82, 2.24) is 19.9 Å². The lowest BCUT2D eigenvalue weighted by Gasteiger charge is -2.29. The molecular formula is C18H26N4O4S2. The van der Waals surface area contributed by atoms with Crippen LogP contribution in [0.15, 0.2) is 21.3 Å². The van der Waals surface area contributed by atoms with Gasteiger partial charge < -0.3 is 14.3 Å². The molecule has 0 N–H and O–H groups in total. The summed E-state index contributed by atoms with van der Waals surface area (Å²) in [6, 6.07) is 1.68. The Morgan fingerprint density at radius 2 is 2.18 bits per heavy atom. The first-order valence-electron chi connectivity index (χ1n) is 9.34. The van der Waals surface area contributed by atoms with Crippen LogP contribution in [0.3, 0.4) is 0 Å². The Bertz CT molecular complexity index is 877. The first-order chi connectivity index (χ1) is 13.3. The highest BCUT2D eigenvalue weighted by Crippen LogP contribution is 2.21. The Morgan fingerprint density at radius 1 is 1.36 bits per heavy atom.